The quantitative estimate of drug-likeness (QED) is 0.298. The molecule has 0 amide bonds. The van der Waals surface area contributed by atoms with E-state index in [-0.39, 0.29) is 11.4 Å². The fourth-order valence-corrected chi connectivity index (χ4v) is 5.45. The van der Waals surface area contributed by atoms with Crippen molar-refractivity contribution in [2.45, 2.75) is 43.9 Å². The smallest absolute Gasteiger partial charge is 0.240 e. The zero-order chi connectivity index (χ0) is 23.1. The highest BCUT2D eigenvalue weighted by Crippen LogP contribution is 2.32. The Morgan fingerprint density at radius 2 is 1.91 bits per heavy atom. The molecule has 0 saturated heterocycles. The van der Waals surface area contributed by atoms with Crippen LogP contribution < -0.4 is 4.72 Å². The molecule has 0 radical (unpaired) electrons. The molecule has 2 N–H and O–H groups in total. The Morgan fingerprint density at radius 1 is 1.06 bits per heavy atom. The van der Waals surface area contributed by atoms with Crippen molar-refractivity contribution in [2.24, 2.45) is 0 Å². The van der Waals surface area contributed by atoms with Crippen LogP contribution in [0.2, 0.25) is 0 Å². The first-order valence-electron chi connectivity index (χ1n) is 11.0. The summed E-state index contributed by atoms with van der Waals surface area (Å²) < 4.78 is 28.4. The van der Waals surface area contributed by atoms with Crippen molar-refractivity contribution >= 4 is 21.4 Å². The fraction of sp³-hybridized carbons (Fsp3) is 0.292. The number of aromatic amines is 1. The van der Waals surface area contributed by atoms with E-state index in [9.17, 15) is 8.42 Å². The highest BCUT2D eigenvalue weighted by Gasteiger charge is 2.19. The van der Waals surface area contributed by atoms with Gasteiger partial charge in [-0.1, -0.05) is 38.0 Å². The molecule has 7 nitrogen and oxygen atoms in total. The first-order chi connectivity index (χ1) is 16.1. The van der Waals surface area contributed by atoms with Gasteiger partial charge in [0.25, 0.3) is 0 Å². The summed E-state index contributed by atoms with van der Waals surface area (Å²) in [5.74, 6) is 0. The molecule has 9 heteroatoms. The molecule has 0 aliphatic heterocycles. The van der Waals surface area contributed by atoms with Crippen LogP contribution in [0.1, 0.15) is 37.3 Å². The monoisotopic (exact) mass is 481 g/mol. The van der Waals surface area contributed by atoms with Crippen molar-refractivity contribution in [3.05, 3.63) is 71.5 Å². The van der Waals surface area contributed by atoms with Gasteiger partial charge in [-0.15, -0.1) is 11.3 Å². The molecule has 0 aliphatic rings. The molecule has 0 unspecified atom stereocenters. The third-order valence-electron chi connectivity index (χ3n) is 5.41. The maximum atomic E-state index is 12.8. The molecule has 4 aromatic rings. The van der Waals surface area contributed by atoms with E-state index in [1.54, 1.807) is 42.1 Å². The first-order valence-corrected chi connectivity index (χ1v) is 13.4. The van der Waals surface area contributed by atoms with Gasteiger partial charge in [-0.3, -0.25) is 15.1 Å². The minimum absolute atomic E-state index is 0.242. The Labute approximate surface area is 198 Å². The summed E-state index contributed by atoms with van der Waals surface area (Å²) in [6.07, 6.45) is 9.80. The van der Waals surface area contributed by atoms with Crippen molar-refractivity contribution in [1.82, 2.24) is 24.9 Å². The van der Waals surface area contributed by atoms with Crippen LogP contribution in [-0.4, -0.2) is 35.1 Å². The second-order valence-electron chi connectivity index (χ2n) is 7.74. The maximum absolute atomic E-state index is 12.8. The number of unbranched alkanes of at least 4 members (excludes halogenated alkanes) is 2. The lowest BCUT2D eigenvalue weighted by molar-refractivity contribution is 0.581. The van der Waals surface area contributed by atoms with Crippen LogP contribution in [0.25, 0.3) is 22.0 Å². The molecule has 0 aliphatic carbocycles. The average molecular weight is 482 g/mol. The summed E-state index contributed by atoms with van der Waals surface area (Å²) in [6, 6.07) is 11.1. The van der Waals surface area contributed by atoms with Crippen LogP contribution in [-0.2, 0) is 22.9 Å². The van der Waals surface area contributed by atoms with Gasteiger partial charge in [0, 0.05) is 24.5 Å². The Balaban J connectivity index is 1.48. The lowest BCUT2D eigenvalue weighted by Crippen LogP contribution is -2.26. The fourth-order valence-electron chi connectivity index (χ4n) is 3.67. The molecular weight excluding hydrogens is 454 g/mol. The van der Waals surface area contributed by atoms with E-state index in [0.717, 1.165) is 40.2 Å². The van der Waals surface area contributed by atoms with Crippen LogP contribution in [0.15, 0.2) is 65.3 Å². The molecule has 3 heterocycles. The van der Waals surface area contributed by atoms with Gasteiger partial charge in [0.15, 0.2) is 0 Å². The maximum Gasteiger partial charge on any atom is 0.240 e. The summed E-state index contributed by atoms with van der Waals surface area (Å²) >= 11 is 1.59. The van der Waals surface area contributed by atoms with Crippen LogP contribution >= 0.6 is 11.3 Å². The van der Waals surface area contributed by atoms with Crippen molar-refractivity contribution in [1.29, 1.82) is 0 Å². The summed E-state index contributed by atoms with van der Waals surface area (Å²) in [5, 5.41) is 9.54. The number of hydrogen-bond acceptors (Lipinski definition) is 6. The number of benzene rings is 1. The number of aryl methyl sites for hydroxylation is 1. The zero-order valence-electron chi connectivity index (χ0n) is 18.5. The molecule has 0 atom stereocenters. The molecule has 0 bridgehead atoms. The lowest BCUT2D eigenvalue weighted by atomic mass is 10.1. The summed E-state index contributed by atoms with van der Waals surface area (Å²) in [7, 11) is -3.61. The lowest BCUT2D eigenvalue weighted by Gasteiger charge is -2.09. The van der Waals surface area contributed by atoms with Gasteiger partial charge in [0.2, 0.25) is 10.0 Å². The largest absolute Gasteiger partial charge is 0.275 e. The van der Waals surface area contributed by atoms with Gasteiger partial charge in [0.1, 0.15) is 11.4 Å². The number of rotatable bonds is 11. The summed E-state index contributed by atoms with van der Waals surface area (Å²) in [4.78, 5) is 9.81. The van der Waals surface area contributed by atoms with E-state index in [0.29, 0.717) is 12.1 Å². The van der Waals surface area contributed by atoms with Crippen LogP contribution in [0.4, 0.5) is 0 Å². The van der Waals surface area contributed by atoms with Gasteiger partial charge >= 0.3 is 0 Å². The molecule has 4 rings (SSSR count). The van der Waals surface area contributed by atoms with Gasteiger partial charge in [-0.2, -0.15) is 5.10 Å². The molecule has 0 saturated carbocycles. The molecule has 0 fully saturated rings. The van der Waals surface area contributed by atoms with Gasteiger partial charge in [-0.25, -0.2) is 13.1 Å². The number of nitrogens with zero attached hydrogens (tertiary/aromatic N) is 3. The number of hydrogen-bond donors (Lipinski definition) is 2. The van der Waals surface area contributed by atoms with E-state index in [4.69, 9.17) is 0 Å². The molecule has 0 spiro atoms. The average Bonchev–Trinajstić information content (AvgIpc) is 3.50. The predicted octanol–water partition coefficient (Wildman–Crippen LogP) is 4.85. The minimum Gasteiger partial charge on any atom is -0.275 e. The predicted molar refractivity (Wildman–Crippen MR) is 131 cm³/mol. The van der Waals surface area contributed by atoms with Gasteiger partial charge in [0.05, 0.1) is 21.7 Å². The second-order valence-corrected chi connectivity index (χ2v) is 10.5. The molecule has 172 valence electrons. The van der Waals surface area contributed by atoms with Gasteiger partial charge in [-0.05, 0) is 48.4 Å². The SMILES string of the molecule is CCCCCc1ccc(S(=O)(=O)NCCc2c(-c3cccs3)n[nH]c2-c2cnccn2)cc1. The van der Waals surface area contributed by atoms with Crippen LogP contribution in [0, 0.1) is 0 Å². The van der Waals surface area contributed by atoms with Crippen LogP contribution in [0.5, 0.6) is 0 Å². The Hall–Kier alpha value is -2.88. The third kappa shape index (κ3) is 5.73. The number of aromatic nitrogens is 4. The van der Waals surface area contributed by atoms with Crippen LogP contribution in [0.3, 0.4) is 0 Å². The van der Waals surface area contributed by atoms with Crippen molar-refractivity contribution < 1.29 is 8.42 Å². The van der Waals surface area contributed by atoms with E-state index >= 15 is 0 Å². The molecule has 3 aromatic heterocycles. The summed E-state index contributed by atoms with van der Waals surface area (Å²) in [5.41, 5.74) is 4.30. The van der Waals surface area contributed by atoms with E-state index < -0.39 is 10.0 Å². The molecule has 33 heavy (non-hydrogen) atoms. The van der Waals surface area contributed by atoms with Gasteiger partial charge < -0.3 is 0 Å². The Morgan fingerprint density at radius 3 is 2.61 bits per heavy atom. The molecular formula is C24H27N5O2S2. The van der Waals surface area contributed by atoms with E-state index in [1.165, 1.54) is 12.8 Å². The number of H-pyrrole nitrogens is 1. The second kappa shape index (κ2) is 10.8. The first kappa shape index (κ1) is 23.3. The molecule has 1 aromatic carbocycles. The van der Waals surface area contributed by atoms with E-state index in [1.807, 2.05) is 29.6 Å². The number of sulfonamides is 1. The Kier molecular flexibility index (Phi) is 7.64. The summed E-state index contributed by atoms with van der Waals surface area (Å²) in [6.45, 7) is 2.41. The van der Waals surface area contributed by atoms with Crippen molar-refractivity contribution in [3.63, 3.8) is 0 Å². The normalized spacial score (nSPS) is 11.7. The highest BCUT2D eigenvalue weighted by molar-refractivity contribution is 7.89. The Bertz CT molecular complexity index is 1250. The zero-order valence-corrected chi connectivity index (χ0v) is 20.1. The van der Waals surface area contributed by atoms with Crippen molar-refractivity contribution in [2.75, 3.05) is 6.54 Å². The number of nitrogens with one attached hydrogen (secondary N) is 2. The topological polar surface area (TPSA) is 101 Å². The standard InChI is InChI=1S/C24H27N5O2S2/c1-2-3-4-6-18-8-10-19(11-9-18)33(30,31)27-13-12-20-23(21-17-25-14-15-26-21)28-29-24(20)22-7-5-16-32-22/h5,7-11,14-17,27H,2-4,6,12-13H2,1H3,(H,28,29). The minimum atomic E-state index is -3.61. The highest BCUT2D eigenvalue weighted by atomic mass is 32.2. The number of thiophene rings is 1. The third-order valence-corrected chi connectivity index (χ3v) is 7.76. The van der Waals surface area contributed by atoms with Crippen molar-refractivity contribution in [3.8, 4) is 22.0 Å². The van der Waals surface area contributed by atoms with E-state index in [2.05, 4.69) is 31.8 Å².